The molecule has 0 radical (unpaired) electrons. The second-order valence-electron chi connectivity index (χ2n) is 4.02. The summed E-state index contributed by atoms with van der Waals surface area (Å²) in [6.07, 6.45) is 0. The molecular formula is C12H15N3O2S2. The predicted molar refractivity (Wildman–Crippen MR) is 75.9 cm³/mol. The van der Waals surface area contributed by atoms with Crippen molar-refractivity contribution in [2.75, 3.05) is 12.3 Å². The van der Waals surface area contributed by atoms with E-state index >= 15 is 0 Å². The first kappa shape index (κ1) is 14.1. The Labute approximate surface area is 119 Å². The number of aryl methyl sites for hydroxylation is 3. The first-order valence-electron chi connectivity index (χ1n) is 5.84. The normalized spacial score (nSPS) is 10.7. The highest BCUT2D eigenvalue weighted by Crippen LogP contribution is 2.21. The maximum absolute atomic E-state index is 11.9. The third-order valence-electron chi connectivity index (χ3n) is 2.41. The molecule has 0 aliphatic rings. The lowest BCUT2D eigenvalue weighted by Gasteiger charge is -2.02. The molecule has 0 spiro atoms. The van der Waals surface area contributed by atoms with Gasteiger partial charge >= 0.3 is 0 Å². The van der Waals surface area contributed by atoms with Crippen LogP contribution in [0.2, 0.25) is 0 Å². The number of carbonyl (C=O) groups is 1. The molecule has 1 amide bonds. The minimum absolute atomic E-state index is 0.0941. The minimum Gasteiger partial charge on any atom is -0.466 e. The Kier molecular flexibility index (Phi) is 4.60. The van der Waals surface area contributed by atoms with Gasteiger partial charge in [0.25, 0.3) is 5.91 Å². The lowest BCUT2D eigenvalue weighted by Crippen LogP contribution is -2.25. The van der Waals surface area contributed by atoms with Gasteiger partial charge in [-0.1, -0.05) is 23.1 Å². The Morgan fingerprint density at radius 1 is 1.42 bits per heavy atom. The highest BCUT2D eigenvalue weighted by molar-refractivity contribution is 8.01. The summed E-state index contributed by atoms with van der Waals surface area (Å²) >= 11 is 3.16. The van der Waals surface area contributed by atoms with Crippen LogP contribution in [-0.2, 0) is 0 Å². The topological polar surface area (TPSA) is 68.0 Å². The van der Waals surface area contributed by atoms with Gasteiger partial charge in [-0.15, -0.1) is 10.2 Å². The summed E-state index contributed by atoms with van der Waals surface area (Å²) in [5.41, 5.74) is 0.606. The van der Waals surface area contributed by atoms with Crippen LogP contribution < -0.4 is 5.32 Å². The summed E-state index contributed by atoms with van der Waals surface area (Å²) in [6, 6.07) is 1.76. The number of hydrogen-bond donors (Lipinski definition) is 1. The van der Waals surface area contributed by atoms with Crippen LogP contribution in [0.4, 0.5) is 0 Å². The van der Waals surface area contributed by atoms with Gasteiger partial charge in [-0.25, -0.2) is 0 Å². The summed E-state index contributed by atoms with van der Waals surface area (Å²) in [6.45, 7) is 6.14. The van der Waals surface area contributed by atoms with E-state index < -0.39 is 0 Å². The molecule has 0 aliphatic carbocycles. The van der Waals surface area contributed by atoms with E-state index in [1.165, 1.54) is 0 Å². The molecule has 0 unspecified atom stereocenters. The van der Waals surface area contributed by atoms with Crippen molar-refractivity contribution in [3.8, 4) is 0 Å². The molecule has 0 atom stereocenters. The number of nitrogens with zero attached hydrogens (tertiary/aromatic N) is 2. The van der Waals surface area contributed by atoms with E-state index in [0.717, 1.165) is 20.9 Å². The van der Waals surface area contributed by atoms with Crippen LogP contribution in [0, 0.1) is 20.8 Å². The standard InChI is InChI=1S/C12H15N3O2S2/c1-7-6-10(8(2)17-7)11(16)13-4-5-18-12-15-14-9(3)19-12/h6H,4-5H2,1-3H3,(H,13,16). The van der Waals surface area contributed by atoms with Gasteiger partial charge in [-0.3, -0.25) is 4.79 Å². The highest BCUT2D eigenvalue weighted by Gasteiger charge is 2.12. The van der Waals surface area contributed by atoms with Crippen molar-refractivity contribution in [2.24, 2.45) is 0 Å². The number of hydrogen-bond acceptors (Lipinski definition) is 6. The monoisotopic (exact) mass is 297 g/mol. The molecule has 1 N–H and O–H groups in total. The van der Waals surface area contributed by atoms with Gasteiger partial charge < -0.3 is 9.73 Å². The molecule has 7 heteroatoms. The number of rotatable bonds is 5. The maximum atomic E-state index is 11.9. The number of thioether (sulfide) groups is 1. The molecule has 0 bridgehead atoms. The molecule has 0 aromatic carbocycles. The second-order valence-corrected chi connectivity index (χ2v) is 6.54. The maximum Gasteiger partial charge on any atom is 0.254 e. The fourth-order valence-corrected chi connectivity index (χ4v) is 3.33. The van der Waals surface area contributed by atoms with Gasteiger partial charge in [0.05, 0.1) is 5.56 Å². The summed E-state index contributed by atoms with van der Waals surface area (Å²) in [7, 11) is 0. The van der Waals surface area contributed by atoms with Gasteiger partial charge in [0.1, 0.15) is 16.5 Å². The number of carbonyl (C=O) groups excluding carboxylic acids is 1. The van der Waals surface area contributed by atoms with E-state index in [1.54, 1.807) is 36.1 Å². The lowest BCUT2D eigenvalue weighted by atomic mass is 10.2. The lowest BCUT2D eigenvalue weighted by molar-refractivity contribution is 0.0954. The molecule has 0 fully saturated rings. The van der Waals surface area contributed by atoms with Crippen molar-refractivity contribution >= 4 is 29.0 Å². The van der Waals surface area contributed by atoms with Crippen LogP contribution in [0.1, 0.15) is 26.9 Å². The van der Waals surface area contributed by atoms with Crippen LogP contribution >= 0.6 is 23.1 Å². The Hall–Kier alpha value is -1.34. The SMILES string of the molecule is Cc1cc(C(=O)NCCSc2nnc(C)s2)c(C)o1. The van der Waals surface area contributed by atoms with Crippen molar-refractivity contribution in [1.29, 1.82) is 0 Å². The Morgan fingerprint density at radius 2 is 2.21 bits per heavy atom. The fraction of sp³-hybridized carbons (Fsp3) is 0.417. The minimum atomic E-state index is -0.0941. The zero-order valence-corrected chi connectivity index (χ0v) is 12.7. The first-order chi connectivity index (χ1) is 9.06. The smallest absolute Gasteiger partial charge is 0.254 e. The second kappa shape index (κ2) is 6.21. The molecule has 2 heterocycles. The van der Waals surface area contributed by atoms with Gasteiger partial charge in [-0.05, 0) is 26.8 Å². The molecule has 5 nitrogen and oxygen atoms in total. The molecule has 2 rings (SSSR count). The van der Waals surface area contributed by atoms with Crippen LogP contribution in [0.5, 0.6) is 0 Å². The molecule has 2 aromatic rings. The molecule has 102 valence electrons. The van der Waals surface area contributed by atoms with E-state index in [4.69, 9.17) is 4.42 Å². The average Bonchev–Trinajstić information content (AvgIpc) is 2.90. The third-order valence-corrected chi connectivity index (χ3v) is 4.38. The Morgan fingerprint density at radius 3 is 2.79 bits per heavy atom. The van der Waals surface area contributed by atoms with Crippen LogP contribution in [0.15, 0.2) is 14.8 Å². The zero-order valence-electron chi connectivity index (χ0n) is 11.0. The average molecular weight is 297 g/mol. The molecular weight excluding hydrogens is 282 g/mol. The van der Waals surface area contributed by atoms with Gasteiger partial charge in [0.2, 0.25) is 0 Å². The fourth-order valence-electron chi connectivity index (χ4n) is 1.59. The number of amides is 1. The van der Waals surface area contributed by atoms with Gasteiger partial charge in [0, 0.05) is 12.3 Å². The zero-order chi connectivity index (χ0) is 13.8. The molecule has 0 saturated carbocycles. The van der Waals surface area contributed by atoms with Crippen molar-refractivity contribution in [3.05, 3.63) is 28.2 Å². The van der Waals surface area contributed by atoms with Gasteiger partial charge in [-0.2, -0.15) is 0 Å². The van der Waals surface area contributed by atoms with E-state index in [0.29, 0.717) is 17.9 Å². The van der Waals surface area contributed by atoms with Crippen LogP contribution in [0.3, 0.4) is 0 Å². The number of furan rings is 1. The molecule has 2 aromatic heterocycles. The van der Waals surface area contributed by atoms with Gasteiger partial charge in [0.15, 0.2) is 4.34 Å². The van der Waals surface area contributed by atoms with Crippen LogP contribution in [0.25, 0.3) is 0 Å². The quantitative estimate of drug-likeness (QED) is 0.678. The van der Waals surface area contributed by atoms with Crippen molar-refractivity contribution < 1.29 is 9.21 Å². The summed E-state index contributed by atoms with van der Waals surface area (Å²) in [4.78, 5) is 11.9. The summed E-state index contributed by atoms with van der Waals surface area (Å²) < 4.78 is 6.26. The van der Waals surface area contributed by atoms with E-state index in [-0.39, 0.29) is 5.91 Å². The van der Waals surface area contributed by atoms with Crippen molar-refractivity contribution in [3.63, 3.8) is 0 Å². The first-order valence-corrected chi connectivity index (χ1v) is 7.64. The van der Waals surface area contributed by atoms with E-state index in [9.17, 15) is 4.79 Å². The molecule has 0 aliphatic heterocycles. The third kappa shape index (κ3) is 3.81. The highest BCUT2D eigenvalue weighted by atomic mass is 32.2. The van der Waals surface area contributed by atoms with E-state index in [1.807, 2.05) is 13.8 Å². The molecule has 19 heavy (non-hydrogen) atoms. The number of aromatic nitrogens is 2. The number of nitrogens with one attached hydrogen (secondary N) is 1. The van der Waals surface area contributed by atoms with Crippen molar-refractivity contribution in [1.82, 2.24) is 15.5 Å². The summed E-state index contributed by atoms with van der Waals surface area (Å²) in [5, 5.41) is 11.8. The largest absolute Gasteiger partial charge is 0.466 e. The predicted octanol–water partition coefficient (Wildman–Crippen LogP) is 2.58. The molecule has 0 saturated heterocycles. The van der Waals surface area contributed by atoms with Crippen LogP contribution in [-0.4, -0.2) is 28.4 Å². The van der Waals surface area contributed by atoms with E-state index in [2.05, 4.69) is 15.5 Å². The summed E-state index contributed by atoms with van der Waals surface area (Å²) in [5.74, 6) is 2.09. The Balaban J connectivity index is 1.77. The Bertz CT molecular complexity index is 577. The van der Waals surface area contributed by atoms with Crippen molar-refractivity contribution in [2.45, 2.75) is 25.1 Å².